The molecule has 3 rings (SSSR count). The first-order valence-electron chi connectivity index (χ1n) is 6.67. The van der Waals surface area contributed by atoms with Gasteiger partial charge in [-0.3, -0.25) is 0 Å². The van der Waals surface area contributed by atoms with Crippen LogP contribution in [0.5, 0.6) is 0 Å². The molecule has 0 bridgehead atoms. The Morgan fingerprint density at radius 1 is 0.714 bits per heavy atom. The predicted octanol–water partition coefficient (Wildman–Crippen LogP) is 3.94. The third-order valence-corrected chi connectivity index (χ3v) is 3.17. The summed E-state index contributed by atoms with van der Waals surface area (Å²) >= 11 is 3.00. The van der Waals surface area contributed by atoms with E-state index in [0.717, 1.165) is 0 Å². The van der Waals surface area contributed by atoms with Crippen LogP contribution in [0.2, 0.25) is 0 Å². The van der Waals surface area contributed by atoms with Gasteiger partial charge in [-0.05, 0) is 64.2 Å². The Morgan fingerprint density at radius 2 is 1.14 bits per heavy atom. The average molecular weight is 433 g/mol. The van der Waals surface area contributed by atoms with Gasteiger partial charge in [-0.25, -0.2) is 0 Å². The molecule has 3 aliphatic carbocycles. The van der Waals surface area contributed by atoms with E-state index in [0.29, 0.717) is 0 Å². The molecule has 0 N–H and O–H groups in total. The maximum atomic E-state index is 3.16. The van der Waals surface area contributed by atoms with Crippen LogP contribution in [0.25, 0.3) is 0 Å². The Bertz CT molecular complexity index is 186. The van der Waals surface area contributed by atoms with Crippen LogP contribution < -0.4 is 0 Å². The fourth-order valence-corrected chi connectivity index (χ4v) is 1.94. The second-order valence-electron chi connectivity index (χ2n) is 4.14. The van der Waals surface area contributed by atoms with Crippen molar-refractivity contribution in [2.45, 2.75) is 25.7 Å². The maximum absolute atomic E-state index is 3.16. The van der Waals surface area contributed by atoms with Gasteiger partial charge in [0.15, 0.2) is 0 Å². The van der Waals surface area contributed by atoms with E-state index >= 15 is 0 Å². The van der Waals surface area contributed by atoms with E-state index in [-0.39, 0.29) is 33.6 Å². The molecule has 117 valence electrons. The van der Waals surface area contributed by atoms with Gasteiger partial charge < -0.3 is 0 Å². The molecule has 0 aliphatic heterocycles. The average Bonchev–Trinajstić information content (AvgIpc) is 3.09. The van der Waals surface area contributed by atoms with Crippen LogP contribution in [0.15, 0.2) is 12.2 Å². The molecule has 2 saturated carbocycles. The molecular formula is C18H20Co2Se-. The topological polar surface area (TPSA) is 0 Å². The summed E-state index contributed by atoms with van der Waals surface area (Å²) in [4.78, 5) is 1.27. The van der Waals surface area contributed by atoms with Crippen LogP contribution in [0.4, 0.5) is 0 Å². The first-order valence-corrected chi connectivity index (χ1v) is 7.53. The second kappa shape index (κ2) is 19.2. The van der Waals surface area contributed by atoms with Crippen molar-refractivity contribution in [1.29, 1.82) is 0 Å². The third-order valence-electron chi connectivity index (χ3n) is 2.50. The molecule has 0 aromatic carbocycles. The summed E-state index contributed by atoms with van der Waals surface area (Å²) < 4.78 is 0. The van der Waals surface area contributed by atoms with Gasteiger partial charge in [0.25, 0.3) is 0 Å². The van der Waals surface area contributed by atoms with E-state index in [1.54, 1.807) is 0 Å². The standard InChI is InChI=1S/C8H10Se.2C5H5.2Co/c9-8-6-4-2-1-3-5-7-8;2*1-2-4-5-3-1;;/h2,4H,1,3,5,7H2;2*1-5H;;/q-1;;;;/b4-2-;;;;. The number of hydrogen-bond acceptors (Lipinski definition) is 0. The van der Waals surface area contributed by atoms with Crippen LogP contribution in [0, 0.1) is 75.4 Å². The van der Waals surface area contributed by atoms with Gasteiger partial charge in [0.1, 0.15) is 0 Å². The molecule has 0 saturated heterocycles. The Labute approximate surface area is 162 Å². The van der Waals surface area contributed by atoms with E-state index in [4.69, 9.17) is 0 Å². The molecule has 21 heavy (non-hydrogen) atoms. The molecule has 0 atom stereocenters. The number of allylic oxidation sites excluding steroid dienone is 2. The van der Waals surface area contributed by atoms with E-state index < -0.39 is 0 Å². The van der Waals surface area contributed by atoms with Gasteiger partial charge in [0, 0.05) is 33.6 Å². The Morgan fingerprint density at radius 3 is 1.57 bits per heavy atom. The van der Waals surface area contributed by atoms with E-state index in [1.807, 2.05) is 70.3 Å². The van der Waals surface area contributed by atoms with Gasteiger partial charge in [-0.15, -0.1) is 0 Å². The van der Waals surface area contributed by atoms with Gasteiger partial charge in [-0.1, -0.05) is 0 Å². The first kappa shape index (κ1) is 24.4. The van der Waals surface area contributed by atoms with Crippen LogP contribution >= 0.6 is 0 Å². The van der Waals surface area contributed by atoms with Crippen molar-refractivity contribution in [3.63, 3.8) is 0 Å². The zero-order chi connectivity index (χ0) is 13.6. The summed E-state index contributed by atoms with van der Waals surface area (Å²) in [7, 11) is 0. The van der Waals surface area contributed by atoms with Crippen molar-refractivity contribution < 1.29 is 33.6 Å². The van der Waals surface area contributed by atoms with Crippen molar-refractivity contribution >= 4 is 16.0 Å². The molecule has 15 radical (unpaired) electrons. The molecule has 0 aromatic heterocycles. The Balaban J connectivity index is 0. The molecule has 0 amide bonds. The summed E-state index contributed by atoms with van der Waals surface area (Å²) in [6.45, 7) is 0. The minimum atomic E-state index is 0. The summed E-state index contributed by atoms with van der Waals surface area (Å²) in [6, 6.07) is 0. The van der Waals surface area contributed by atoms with Crippen molar-refractivity contribution in [2.24, 2.45) is 0 Å². The Kier molecular flexibility index (Phi) is 22.3. The van der Waals surface area contributed by atoms with Crippen LogP contribution in [-0.4, -0.2) is 16.0 Å². The predicted molar refractivity (Wildman–Crippen MR) is 82.8 cm³/mol. The van der Waals surface area contributed by atoms with Crippen molar-refractivity contribution in [1.82, 2.24) is 0 Å². The molecule has 0 spiro atoms. The number of hydrogen-bond donors (Lipinski definition) is 0. The van der Waals surface area contributed by atoms with Gasteiger partial charge in [0.05, 0.1) is 0 Å². The monoisotopic (exact) mass is 434 g/mol. The summed E-state index contributed by atoms with van der Waals surface area (Å²) in [6.07, 6.45) is 32.4. The van der Waals surface area contributed by atoms with Crippen LogP contribution in [0.1, 0.15) is 25.7 Å². The van der Waals surface area contributed by atoms with Crippen LogP contribution in [0.3, 0.4) is 0 Å². The van der Waals surface area contributed by atoms with Crippen molar-refractivity contribution in [3.8, 4) is 0 Å². The molecular weight excluding hydrogens is 413 g/mol. The molecule has 0 unspecified atom stereocenters. The minimum absolute atomic E-state index is 0. The Hall–Kier alpha value is 1.14. The normalized spacial score (nSPS) is 22.5. The summed E-state index contributed by atoms with van der Waals surface area (Å²) in [5.74, 6) is 0. The molecule has 2 fully saturated rings. The molecule has 3 aliphatic rings. The quantitative estimate of drug-likeness (QED) is 0.401. The fourth-order valence-electron chi connectivity index (χ4n) is 1.50. The van der Waals surface area contributed by atoms with E-state index in [2.05, 4.69) is 28.5 Å². The summed E-state index contributed by atoms with van der Waals surface area (Å²) in [5, 5.41) is 0. The third kappa shape index (κ3) is 17.3. The first-order chi connectivity index (χ1) is 9.39. The van der Waals surface area contributed by atoms with Gasteiger partial charge in [-0.2, -0.15) is 0 Å². The molecule has 0 aromatic rings. The molecule has 0 heterocycles. The van der Waals surface area contributed by atoms with E-state index in [9.17, 15) is 0 Å². The number of rotatable bonds is 0. The summed E-state index contributed by atoms with van der Waals surface area (Å²) in [5.41, 5.74) is 0. The zero-order valence-corrected chi connectivity index (χ0v) is 15.6. The van der Waals surface area contributed by atoms with Crippen molar-refractivity contribution in [2.75, 3.05) is 0 Å². The van der Waals surface area contributed by atoms with Gasteiger partial charge in [0.2, 0.25) is 0 Å². The van der Waals surface area contributed by atoms with Crippen LogP contribution in [-0.2, 0) is 33.6 Å². The second-order valence-corrected chi connectivity index (χ2v) is 5.17. The fraction of sp³-hybridized carbons (Fsp3) is 0.222. The molecule has 0 nitrogen and oxygen atoms in total. The SMILES string of the molecule is [CH]1[CH][CH][CH][CH]1.[CH]1[CH][CH][CH][CH]1.[Co].[Co].[Se][C]1[C-]/C=C\CCCC1. The van der Waals surface area contributed by atoms with E-state index in [1.165, 1.54) is 30.5 Å². The zero-order valence-electron chi connectivity index (χ0n) is 11.8. The molecule has 3 heteroatoms. The van der Waals surface area contributed by atoms with Gasteiger partial charge >= 0.3 is 65.1 Å². The van der Waals surface area contributed by atoms with Crippen molar-refractivity contribution in [3.05, 3.63) is 87.6 Å².